The summed E-state index contributed by atoms with van der Waals surface area (Å²) in [5.74, 6) is -1.02. The van der Waals surface area contributed by atoms with Gasteiger partial charge in [-0.25, -0.2) is 12.8 Å². The normalized spacial score (nSPS) is 12.7. The number of rotatable bonds is 14. The van der Waals surface area contributed by atoms with Crippen molar-refractivity contribution in [1.29, 1.82) is 0 Å². The molecule has 0 unspecified atom stereocenters. The van der Waals surface area contributed by atoms with Crippen molar-refractivity contribution in [3.8, 4) is 5.75 Å². The minimum absolute atomic E-state index is 0.0152. The van der Waals surface area contributed by atoms with Gasteiger partial charge in [-0.1, -0.05) is 43.6 Å². The number of amides is 2. The monoisotopic (exact) mass is 617 g/mol. The van der Waals surface area contributed by atoms with Crippen LogP contribution in [0.5, 0.6) is 5.75 Å². The Labute approximate surface area is 252 Å². The van der Waals surface area contributed by atoms with Crippen LogP contribution in [-0.4, -0.2) is 50.4 Å². The molecule has 3 aromatic carbocycles. The van der Waals surface area contributed by atoms with Crippen LogP contribution in [-0.2, 0) is 26.2 Å². The third kappa shape index (κ3) is 8.23. The van der Waals surface area contributed by atoms with E-state index in [-0.39, 0.29) is 35.5 Å². The van der Waals surface area contributed by atoms with Gasteiger partial charge in [-0.3, -0.25) is 13.9 Å². The zero-order valence-corrected chi connectivity index (χ0v) is 25.8. The smallest absolute Gasteiger partial charge is 0.264 e. The fraction of sp³-hybridized carbons (Fsp3) is 0.355. The third-order valence-electron chi connectivity index (χ3n) is 6.80. The molecule has 0 radical (unpaired) electrons. The lowest BCUT2D eigenvalue weighted by Crippen LogP contribution is -2.53. The largest absolute Gasteiger partial charge is 0.494 e. The number of nitrogens with one attached hydrogen (secondary N) is 1. The van der Waals surface area contributed by atoms with E-state index in [4.69, 9.17) is 16.3 Å². The highest BCUT2D eigenvalue weighted by atomic mass is 35.5. The lowest BCUT2D eigenvalue weighted by Gasteiger charge is -2.34. The third-order valence-corrected chi connectivity index (χ3v) is 8.96. The van der Waals surface area contributed by atoms with Crippen molar-refractivity contribution in [3.05, 3.63) is 89.2 Å². The molecule has 0 saturated heterocycles. The van der Waals surface area contributed by atoms with E-state index in [0.717, 1.165) is 28.6 Å². The Balaban J connectivity index is 2.07. The number of hydrogen-bond acceptors (Lipinski definition) is 5. The number of carbonyl (C=O) groups excluding carboxylic acids is 2. The van der Waals surface area contributed by atoms with Gasteiger partial charge < -0.3 is 15.0 Å². The number of nitrogens with zero attached hydrogens (tertiary/aromatic N) is 2. The van der Waals surface area contributed by atoms with Gasteiger partial charge in [0.1, 0.15) is 24.2 Å². The van der Waals surface area contributed by atoms with Crippen molar-refractivity contribution in [2.75, 3.05) is 17.5 Å². The molecule has 8 nitrogen and oxygen atoms in total. The molecule has 3 aromatic rings. The molecule has 0 aliphatic carbocycles. The number of anilines is 1. The molecule has 0 saturated carbocycles. The van der Waals surface area contributed by atoms with Crippen LogP contribution in [0.1, 0.15) is 46.1 Å². The predicted molar refractivity (Wildman–Crippen MR) is 163 cm³/mol. The van der Waals surface area contributed by atoms with Crippen molar-refractivity contribution < 1.29 is 27.1 Å². The van der Waals surface area contributed by atoms with Gasteiger partial charge in [-0.2, -0.15) is 0 Å². The molecular weight excluding hydrogens is 581 g/mol. The van der Waals surface area contributed by atoms with E-state index < -0.39 is 34.3 Å². The first-order valence-electron chi connectivity index (χ1n) is 13.9. The molecule has 226 valence electrons. The SMILES string of the molecule is CCOc1ccc(N(CC(=O)N(Cc2ccccc2Cl)[C@@H](CC)C(=O)N[C@H](C)CC)S(=O)(=O)c2ccc(F)cc2)cc1. The van der Waals surface area contributed by atoms with Crippen LogP contribution in [0.15, 0.2) is 77.7 Å². The fourth-order valence-electron chi connectivity index (χ4n) is 4.31. The van der Waals surface area contributed by atoms with Crippen LogP contribution in [0.4, 0.5) is 10.1 Å². The topological polar surface area (TPSA) is 96.0 Å². The molecule has 42 heavy (non-hydrogen) atoms. The summed E-state index contributed by atoms with van der Waals surface area (Å²) in [6, 6.07) is 16.6. The zero-order valence-electron chi connectivity index (χ0n) is 24.2. The first kappa shape index (κ1) is 32.9. The maximum atomic E-state index is 14.1. The van der Waals surface area contributed by atoms with Gasteiger partial charge in [0.25, 0.3) is 10.0 Å². The summed E-state index contributed by atoms with van der Waals surface area (Å²) >= 11 is 6.43. The van der Waals surface area contributed by atoms with Crippen LogP contribution in [0, 0.1) is 5.82 Å². The maximum absolute atomic E-state index is 14.1. The van der Waals surface area contributed by atoms with Crippen LogP contribution < -0.4 is 14.4 Å². The first-order valence-corrected chi connectivity index (χ1v) is 15.7. The molecule has 0 fully saturated rings. The zero-order chi connectivity index (χ0) is 30.9. The maximum Gasteiger partial charge on any atom is 0.264 e. The van der Waals surface area contributed by atoms with E-state index in [1.54, 1.807) is 43.3 Å². The number of halogens is 2. The Bertz CT molecular complexity index is 1450. The summed E-state index contributed by atoms with van der Waals surface area (Å²) in [5, 5.41) is 3.35. The standard InChI is InChI=1S/C31H37ClFN3O5S/c1-5-22(4)34-31(38)29(6-2)35(20-23-10-8-9-11-28(23)32)30(37)21-36(25-14-16-26(17-15-25)41-7-3)42(39,40)27-18-12-24(33)13-19-27/h8-19,22,29H,5-7,20-21H2,1-4H3,(H,34,38)/t22-,29+/m1/s1. The van der Waals surface area contributed by atoms with E-state index in [2.05, 4.69) is 5.32 Å². The fourth-order valence-corrected chi connectivity index (χ4v) is 5.92. The lowest BCUT2D eigenvalue weighted by atomic mass is 10.1. The van der Waals surface area contributed by atoms with Crippen LogP contribution in [0.2, 0.25) is 5.02 Å². The van der Waals surface area contributed by atoms with Gasteiger partial charge in [0.05, 0.1) is 17.2 Å². The van der Waals surface area contributed by atoms with Gasteiger partial charge >= 0.3 is 0 Å². The summed E-state index contributed by atoms with van der Waals surface area (Å²) in [7, 11) is -4.33. The molecule has 0 aliphatic heterocycles. The van der Waals surface area contributed by atoms with Crippen LogP contribution in [0.25, 0.3) is 0 Å². The minimum atomic E-state index is -4.33. The second-order valence-electron chi connectivity index (χ2n) is 9.75. The summed E-state index contributed by atoms with van der Waals surface area (Å²) in [5.41, 5.74) is 0.808. The highest BCUT2D eigenvalue weighted by Crippen LogP contribution is 2.27. The van der Waals surface area contributed by atoms with Crippen LogP contribution >= 0.6 is 11.6 Å². The van der Waals surface area contributed by atoms with E-state index >= 15 is 0 Å². The van der Waals surface area contributed by atoms with E-state index in [1.165, 1.54) is 17.0 Å². The summed E-state index contributed by atoms with van der Waals surface area (Å²) < 4.78 is 47.9. The molecule has 1 N–H and O–H groups in total. The average Bonchev–Trinajstić information content (AvgIpc) is 2.97. The van der Waals surface area contributed by atoms with Crippen molar-refractivity contribution in [3.63, 3.8) is 0 Å². The van der Waals surface area contributed by atoms with Gasteiger partial charge in [-0.05, 0) is 86.8 Å². The molecule has 3 rings (SSSR count). The van der Waals surface area contributed by atoms with E-state index in [0.29, 0.717) is 29.4 Å². The first-order chi connectivity index (χ1) is 20.0. The van der Waals surface area contributed by atoms with Gasteiger partial charge in [0.15, 0.2) is 0 Å². The average molecular weight is 618 g/mol. The van der Waals surface area contributed by atoms with Crippen molar-refractivity contribution in [2.24, 2.45) is 0 Å². The second kappa shape index (κ2) is 15.0. The van der Waals surface area contributed by atoms with E-state index in [9.17, 15) is 22.4 Å². The Morgan fingerprint density at radius 2 is 1.60 bits per heavy atom. The quantitative estimate of drug-likeness (QED) is 0.247. The molecule has 0 heterocycles. The highest BCUT2D eigenvalue weighted by molar-refractivity contribution is 7.92. The molecule has 0 bridgehead atoms. The molecule has 0 spiro atoms. The Kier molecular flexibility index (Phi) is 11.8. The Hall–Kier alpha value is -3.63. The molecule has 11 heteroatoms. The summed E-state index contributed by atoms with van der Waals surface area (Å²) in [6.07, 6.45) is 0.980. The minimum Gasteiger partial charge on any atom is -0.494 e. The number of ether oxygens (including phenoxy) is 1. The molecule has 0 aliphatic rings. The van der Waals surface area contributed by atoms with Crippen molar-refractivity contribution in [2.45, 2.75) is 64.1 Å². The number of hydrogen-bond donors (Lipinski definition) is 1. The predicted octanol–water partition coefficient (Wildman–Crippen LogP) is 5.80. The number of benzene rings is 3. The van der Waals surface area contributed by atoms with Crippen LogP contribution in [0.3, 0.4) is 0 Å². The second-order valence-corrected chi connectivity index (χ2v) is 12.0. The lowest BCUT2D eigenvalue weighted by molar-refractivity contribution is -0.140. The summed E-state index contributed by atoms with van der Waals surface area (Å²) in [4.78, 5) is 28.6. The molecule has 0 aromatic heterocycles. The summed E-state index contributed by atoms with van der Waals surface area (Å²) in [6.45, 7) is 7.20. The highest BCUT2D eigenvalue weighted by Gasteiger charge is 2.34. The number of carbonyl (C=O) groups is 2. The van der Waals surface area contributed by atoms with Crippen molar-refractivity contribution in [1.82, 2.24) is 10.2 Å². The Morgan fingerprint density at radius 3 is 2.17 bits per heavy atom. The van der Waals surface area contributed by atoms with Gasteiger partial charge in [0, 0.05) is 17.6 Å². The van der Waals surface area contributed by atoms with Gasteiger partial charge in [0.2, 0.25) is 11.8 Å². The Morgan fingerprint density at radius 1 is 0.952 bits per heavy atom. The van der Waals surface area contributed by atoms with Crippen molar-refractivity contribution >= 4 is 39.1 Å². The molecule has 2 amide bonds. The molecular formula is C31H37ClFN3O5S. The molecule has 2 atom stereocenters. The van der Waals surface area contributed by atoms with E-state index in [1.807, 2.05) is 20.8 Å². The van der Waals surface area contributed by atoms with Gasteiger partial charge in [-0.15, -0.1) is 0 Å². The number of sulfonamides is 1.